The van der Waals surface area contributed by atoms with Gasteiger partial charge in [-0.25, -0.2) is 4.98 Å². The fourth-order valence-corrected chi connectivity index (χ4v) is 4.00. The normalized spacial score (nSPS) is 14.6. The molecule has 122 valence electrons. The maximum atomic E-state index is 12.4. The number of thiophene rings is 1. The van der Waals surface area contributed by atoms with Crippen molar-refractivity contribution in [2.75, 3.05) is 5.32 Å². The van der Waals surface area contributed by atoms with E-state index in [2.05, 4.69) is 10.3 Å². The summed E-state index contributed by atoms with van der Waals surface area (Å²) in [4.78, 5) is 18.4. The molecule has 0 saturated carbocycles. The molecule has 0 radical (unpaired) electrons. The number of carbonyl (C=O) groups is 1. The third-order valence-corrected chi connectivity index (χ3v) is 5.41. The van der Waals surface area contributed by atoms with Crippen LogP contribution in [-0.4, -0.2) is 16.7 Å². The Morgan fingerprint density at radius 1 is 1.21 bits per heavy atom. The number of amides is 1. The molecule has 3 aromatic rings. The van der Waals surface area contributed by atoms with Crippen LogP contribution < -0.4 is 14.8 Å². The molecule has 7 heteroatoms. The van der Waals surface area contributed by atoms with Gasteiger partial charge in [-0.05, 0) is 23.6 Å². The lowest BCUT2D eigenvalue weighted by molar-refractivity contribution is -0.0431. The number of fused-ring (bicyclic) bond motifs is 1. The smallest absolute Gasteiger partial charge is 0.267 e. The van der Waals surface area contributed by atoms with Crippen LogP contribution >= 0.6 is 22.7 Å². The van der Waals surface area contributed by atoms with Crippen LogP contribution in [-0.2, 0) is 0 Å². The van der Waals surface area contributed by atoms with Gasteiger partial charge in [0.2, 0.25) is 5.79 Å². The van der Waals surface area contributed by atoms with Crippen LogP contribution in [0.4, 0.5) is 5.69 Å². The first-order valence-corrected chi connectivity index (χ1v) is 9.03. The zero-order valence-corrected chi connectivity index (χ0v) is 14.7. The van der Waals surface area contributed by atoms with Gasteiger partial charge in [0, 0.05) is 25.6 Å². The number of aromatic nitrogens is 1. The average molecular weight is 358 g/mol. The summed E-state index contributed by atoms with van der Waals surface area (Å²) >= 11 is 2.98. The van der Waals surface area contributed by atoms with Crippen LogP contribution in [0.2, 0.25) is 0 Å². The zero-order chi connectivity index (χ0) is 16.7. The van der Waals surface area contributed by atoms with Gasteiger partial charge in [-0.1, -0.05) is 6.07 Å². The Labute approximate surface area is 146 Å². The number of benzene rings is 1. The van der Waals surface area contributed by atoms with Gasteiger partial charge in [-0.3, -0.25) is 4.79 Å². The van der Waals surface area contributed by atoms with E-state index in [1.165, 1.54) is 11.3 Å². The largest absolute Gasteiger partial charge is 0.449 e. The first-order chi connectivity index (χ1) is 11.5. The molecule has 5 nitrogen and oxygen atoms in total. The molecule has 2 aromatic heterocycles. The summed E-state index contributed by atoms with van der Waals surface area (Å²) in [6.07, 6.45) is 1.60. The summed E-state index contributed by atoms with van der Waals surface area (Å²) in [5.41, 5.74) is 0.658. The Balaban J connectivity index is 1.51. The molecule has 1 amide bonds. The molecule has 3 heterocycles. The van der Waals surface area contributed by atoms with Gasteiger partial charge in [0.1, 0.15) is 9.88 Å². The summed E-state index contributed by atoms with van der Waals surface area (Å²) < 4.78 is 11.3. The average Bonchev–Trinajstić information content (AvgIpc) is 3.24. The molecular weight excluding hydrogens is 344 g/mol. The molecule has 4 rings (SSSR count). The number of carbonyl (C=O) groups excluding carboxylic acids is 1. The highest BCUT2D eigenvalue weighted by Gasteiger charge is 2.31. The molecule has 24 heavy (non-hydrogen) atoms. The minimum atomic E-state index is -0.682. The summed E-state index contributed by atoms with van der Waals surface area (Å²) in [5.74, 6) is 0.434. The lowest BCUT2D eigenvalue weighted by Gasteiger charge is -2.16. The van der Waals surface area contributed by atoms with Crippen molar-refractivity contribution in [3.63, 3.8) is 0 Å². The maximum absolute atomic E-state index is 12.4. The van der Waals surface area contributed by atoms with Crippen molar-refractivity contribution >= 4 is 34.3 Å². The van der Waals surface area contributed by atoms with Crippen molar-refractivity contribution in [1.82, 2.24) is 4.98 Å². The van der Waals surface area contributed by atoms with Gasteiger partial charge in [0.05, 0.1) is 11.1 Å². The summed E-state index contributed by atoms with van der Waals surface area (Å²) in [7, 11) is 0. The quantitative estimate of drug-likeness (QED) is 0.741. The van der Waals surface area contributed by atoms with E-state index in [1.807, 2.05) is 31.4 Å². The van der Waals surface area contributed by atoms with Crippen LogP contribution in [0.25, 0.3) is 9.88 Å². The zero-order valence-electron chi connectivity index (χ0n) is 13.0. The maximum Gasteiger partial charge on any atom is 0.267 e. The highest BCUT2D eigenvalue weighted by molar-refractivity contribution is 7.22. The monoisotopic (exact) mass is 358 g/mol. The predicted molar refractivity (Wildman–Crippen MR) is 95.2 cm³/mol. The molecule has 0 bridgehead atoms. The highest BCUT2D eigenvalue weighted by Crippen LogP contribution is 2.40. The lowest BCUT2D eigenvalue weighted by atomic mass is 10.2. The van der Waals surface area contributed by atoms with E-state index in [-0.39, 0.29) is 5.91 Å². The highest BCUT2D eigenvalue weighted by atomic mass is 32.1. The summed E-state index contributed by atoms with van der Waals surface area (Å²) in [6.45, 7) is 3.68. The minimum Gasteiger partial charge on any atom is -0.449 e. The van der Waals surface area contributed by atoms with Crippen molar-refractivity contribution in [3.05, 3.63) is 46.8 Å². The Morgan fingerprint density at radius 3 is 2.83 bits per heavy atom. The number of nitrogens with zero attached hydrogens (tertiary/aromatic N) is 1. The Bertz CT molecular complexity index is 900. The second-order valence-electron chi connectivity index (χ2n) is 5.73. The molecule has 0 unspecified atom stereocenters. The van der Waals surface area contributed by atoms with E-state index in [9.17, 15) is 4.79 Å². The fourth-order valence-electron chi connectivity index (χ4n) is 2.39. The number of thiazole rings is 1. The minimum absolute atomic E-state index is 0.187. The molecule has 1 N–H and O–H groups in total. The number of nitrogens with one attached hydrogen (secondary N) is 1. The van der Waals surface area contributed by atoms with Crippen molar-refractivity contribution in [2.24, 2.45) is 0 Å². The molecule has 0 saturated heterocycles. The third-order valence-electron chi connectivity index (χ3n) is 3.37. The summed E-state index contributed by atoms with van der Waals surface area (Å²) in [6, 6.07) is 9.31. The number of hydrogen-bond acceptors (Lipinski definition) is 6. The van der Waals surface area contributed by atoms with Gasteiger partial charge < -0.3 is 14.8 Å². The molecular formula is C17H14N2O3S2. The molecule has 0 aliphatic carbocycles. The molecule has 1 aliphatic heterocycles. The fraction of sp³-hybridized carbons (Fsp3) is 0.176. The van der Waals surface area contributed by atoms with Gasteiger partial charge in [0.25, 0.3) is 5.91 Å². The van der Waals surface area contributed by atoms with E-state index < -0.39 is 5.79 Å². The Kier molecular flexibility index (Phi) is 3.54. The van der Waals surface area contributed by atoms with Crippen LogP contribution in [0, 0.1) is 0 Å². The SMILES string of the molecule is CC1(C)Oc2ccc(NC(=O)c3cnc(-c4cccs4)s3)cc2O1. The van der Waals surface area contributed by atoms with Crippen molar-refractivity contribution in [1.29, 1.82) is 0 Å². The van der Waals surface area contributed by atoms with Crippen LogP contribution in [0.1, 0.15) is 23.5 Å². The van der Waals surface area contributed by atoms with Crippen LogP contribution in [0.15, 0.2) is 41.9 Å². The van der Waals surface area contributed by atoms with Gasteiger partial charge in [0.15, 0.2) is 11.5 Å². The Hall–Kier alpha value is -2.38. The van der Waals surface area contributed by atoms with Crippen molar-refractivity contribution < 1.29 is 14.3 Å². The van der Waals surface area contributed by atoms with Crippen LogP contribution in [0.3, 0.4) is 0 Å². The van der Waals surface area contributed by atoms with E-state index in [1.54, 1.807) is 35.7 Å². The third kappa shape index (κ3) is 2.88. The molecule has 1 aliphatic rings. The van der Waals surface area contributed by atoms with Gasteiger partial charge >= 0.3 is 0 Å². The van der Waals surface area contributed by atoms with Gasteiger partial charge in [-0.2, -0.15) is 0 Å². The van der Waals surface area contributed by atoms with Gasteiger partial charge in [-0.15, -0.1) is 22.7 Å². The lowest BCUT2D eigenvalue weighted by Crippen LogP contribution is -2.29. The molecule has 0 atom stereocenters. The Morgan fingerprint density at radius 2 is 2.04 bits per heavy atom. The first-order valence-electron chi connectivity index (χ1n) is 7.33. The standard InChI is InChI=1S/C17H14N2O3S2/c1-17(2)21-11-6-5-10(8-12(11)22-17)19-15(20)14-9-18-16(24-14)13-4-3-7-23-13/h3-9H,1-2H3,(H,19,20). The number of ether oxygens (including phenoxy) is 2. The molecule has 0 fully saturated rings. The topological polar surface area (TPSA) is 60.5 Å². The summed E-state index contributed by atoms with van der Waals surface area (Å²) in [5, 5.41) is 5.71. The van der Waals surface area contributed by atoms with Crippen molar-refractivity contribution in [2.45, 2.75) is 19.6 Å². The molecule has 1 aromatic carbocycles. The van der Waals surface area contributed by atoms with E-state index in [0.29, 0.717) is 22.1 Å². The predicted octanol–water partition coefficient (Wildman–Crippen LogP) is 4.63. The number of hydrogen-bond donors (Lipinski definition) is 1. The second kappa shape index (κ2) is 5.61. The van der Waals surface area contributed by atoms with E-state index in [0.717, 1.165) is 9.88 Å². The van der Waals surface area contributed by atoms with Crippen LogP contribution in [0.5, 0.6) is 11.5 Å². The van der Waals surface area contributed by atoms with E-state index >= 15 is 0 Å². The number of anilines is 1. The van der Waals surface area contributed by atoms with Crippen molar-refractivity contribution in [3.8, 4) is 21.4 Å². The van der Waals surface area contributed by atoms with E-state index in [4.69, 9.17) is 9.47 Å². The first kappa shape index (κ1) is 15.2. The molecule has 0 spiro atoms. The number of rotatable bonds is 3. The second-order valence-corrected chi connectivity index (χ2v) is 7.70.